The van der Waals surface area contributed by atoms with Crippen LogP contribution in [0.3, 0.4) is 0 Å². The number of hydrogen-bond donors (Lipinski definition) is 0. The number of methoxy groups -OCH3 is 1. The minimum atomic E-state index is -1.02. The third-order valence-electron chi connectivity index (χ3n) is 4.34. The highest BCUT2D eigenvalue weighted by Gasteiger charge is 2.49. The lowest BCUT2D eigenvalue weighted by atomic mass is 9.70. The van der Waals surface area contributed by atoms with Gasteiger partial charge in [-0.1, -0.05) is 29.8 Å². The van der Waals surface area contributed by atoms with E-state index in [1.165, 1.54) is 7.11 Å². The van der Waals surface area contributed by atoms with Gasteiger partial charge in [0.15, 0.2) is 6.29 Å². The van der Waals surface area contributed by atoms with Crippen molar-refractivity contribution in [2.45, 2.75) is 25.8 Å². The lowest BCUT2D eigenvalue weighted by molar-refractivity contribution is -0.151. The van der Waals surface area contributed by atoms with Crippen LogP contribution < -0.4 is 0 Å². The van der Waals surface area contributed by atoms with Gasteiger partial charge in [-0.15, -0.1) is 0 Å². The van der Waals surface area contributed by atoms with Crippen LogP contribution in [0.5, 0.6) is 0 Å². The van der Waals surface area contributed by atoms with E-state index >= 15 is 0 Å². The maximum atomic E-state index is 12.6. The second-order valence-corrected chi connectivity index (χ2v) is 6.15. The van der Waals surface area contributed by atoms with Crippen LogP contribution in [0.1, 0.15) is 25.3 Å². The number of halogens is 1. The quantitative estimate of drug-likeness (QED) is 0.591. The van der Waals surface area contributed by atoms with E-state index in [0.717, 1.165) is 0 Å². The van der Waals surface area contributed by atoms with Gasteiger partial charge < -0.3 is 9.47 Å². The zero-order chi connectivity index (χ0) is 18.6. The van der Waals surface area contributed by atoms with E-state index in [2.05, 4.69) is 4.99 Å². The smallest absolute Gasteiger partial charge is 0.315 e. The summed E-state index contributed by atoms with van der Waals surface area (Å²) < 4.78 is 10.0. The first-order valence-electron chi connectivity index (χ1n) is 7.98. The Labute approximate surface area is 151 Å². The largest absolute Gasteiger partial charge is 0.469 e. The molecule has 1 aromatic rings. The predicted octanol–water partition coefficient (Wildman–Crippen LogP) is 2.43. The Bertz CT molecular complexity index is 702. The van der Waals surface area contributed by atoms with Gasteiger partial charge in [0, 0.05) is 10.9 Å². The molecule has 0 radical (unpaired) electrons. The van der Waals surface area contributed by atoms with E-state index in [4.69, 9.17) is 21.1 Å². The summed E-state index contributed by atoms with van der Waals surface area (Å²) in [6, 6.07) is 6.37. The molecule has 0 saturated heterocycles. The number of carbonyl (C=O) groups is 3. The third-order valence-corrected chi connectivity index (χ3v) is 4.68. The number of rotatable bonds is 5. The van der Waals surface area contributed by atoms with Crippen molar-refractivity contribution in [3.8, 4) is 0 Å². The van der Waals surface area contributed by atoms with E-state index in [1.807, 2.05) is 0 Å². The molecule has 1 aromatic carbocycles. The number of esters is 2. The molecule has 25 heavy (non-hydrogen) atoms. The lowest BCUT2D eigenvalue weighted by Crippen LogP contribution is -2.46. The monoisotopic (exact) mass is 365 g/mol. The van der Waals surface area contributed by atoms with Gasteiger partial charge >= 0.3 is 11.9 Å². The number of benzene rings is 1. The maximum Gasteiger partial charge on any atom is 0.315 e. The van der Waals surface area contributed by atoms with Crippen molar-refractivity contribution in [1.29, 1.82) is 0 Å². The second-order valence-electron chi connectivity index (χ2n) is 5.74. The topological polar surface area (TPSA) is 82.0 Å². The molecule has 0 N–H and O–H groups in total. The summed E-state index contributed by atoms with van der Waals surface area (Å²) in [5.41, 5.74) is 0.634. The van der Waals surface area contributed by atoms with Crippen molar-refractivity contribution in [1.82, 2.24) is 0 Å². The van der Waals surface area contributed by atoms with Gasteiger partial charge in [-0.3, -0.25) is 19.4 Å². The molecule has 0 bridgehead atoms. The molecule has 7 heteroatoms. The van der Waals surface area contributed by atoms with Gasteiger partial charge in [-0.25, -0.2) is 0 Å². The van der Waals surface area contributed by atoms with E-state index in [9.17, 15) is 14.4 Å². The Hall–Kier alpha value is -2.21. The van der Waals surface area contributed by atoms with Crippen molar-refractivity contribution in [2.75, 3.05) is 13.7 Å². The molecule has 1 aliphatic rings. The molecule has 0 spiro atoms. The second kappa shape index (κ2) is 8.25. The molecular formula is C18H20ClNO5. The molecular weight excluding hydrogens is 346 g/mol. The van der Waals surface area contributed by atoms with Crippen LogP contribution in [0.25, 0.3) is 0 Å². The molecule has 4 atom stereocenters. The molecule has 0 saturated carbocycles. The van der Waals surface area contributed by atoms with Crippen LogP contribution in [0.2, 0.25) is 5.02 Å². The molecule has 134 valence electrons. The van der Waals surface area contributed by atoms with Crippen molar-refractivity contribution < 1.29 is 23.9 Å². The summed E-state index contributed by atoms with van der Waals surface area (Å²) in [6.07, 6.45) is 0.537. The van der Waals surface area contributed by atoms with Crippen molar-refractivity contribution >= 4 is 35.5 Å². The van der Waals surface area contributed by atoms with Gasteiger partial charge in [-0.2, -0.15) is 0 Å². The summed E-state index contributed by atoms with van der Waals surface area (Å²) in [4.78, 5) is 40.8. The fourth-order valence-corrected chi connectivity index (χ4v) is 3.55. The summed E-state index contributed by atoms with van der Waals surface area (Å²) >= 11 is 6.32. The van der Waals surface area contributed by atoms with E-state index in [1.54, 1.807) is 38.1 Å². The lowest BCUT2D eigenvalue weighted by Gasteiger charge is -2.37. The molecule has 2 rings (SSSR count). The minimum Gasteiger partial charge on any atom is -0.469 e. The summed E-state index contributed by atoms with van der Waals surface area (Å²) in [7, 11) is 1.27. The third kappa shape index (κ3) is 3.74. The molecule has 1 heterocycles. The SMILES string of the molecule is CCOC(=O)C1C(C=O)=NC(C)C(C(=O)OC)C1c1ccccc1Cl. The summed E-state index contributed by atoms with van der Waals surface area (Å²) in [5.74, 6) is -3.60. The van der Waals surface area contributed by atoms with Crippen molar-refractivity contribution in [3.05, 3.63) is 34.9 Å². The Morgan fingerprint density at radius 1 is 1.28 bits per heavy atom. The molecule has 6 nitrogen and oxygen atoms in total. The highest BCUT2D eigenvalue weighted by molar-refractivity contribution is 6.35. The average Bonchev–Trinajstić information content (AvgIpc) is 2.60. The highest BCUT2D eigenvalue weighted by atomic mass is 35.5. The minimum absolute atomic E-state index is 0.0519. The van der Waals surface area contributed by atoms with Crippen LogP contribution in [0.15, 0.2) is 29.3 Å². The summed E-state index contributed by atoms with van der Waals surface area (Å²) in [5, 5.41) is 0.398. The first-order chi connectivity index (χ1) is 12.0. The van der Waals surface area contributed by atoms with Crippen molar-refractivity contribution in [3.63, 3.8) is 0 Å². The molecule has 0 fully saturated rings. The molecule has 1 aliphatic heterocycles. The predicted molar refractivity (Wildman–Crippen MR) is 92.8 cm³/mol. The maximum absolute atomic E-state index is 12.6. The number of aliphatic imine (C=N–C) groups is 1. The molecule has 0 aliphatic carbocycles. The standard InChI is InChI=1S/C18H20ClNO5/c1-4-25-18(23)16-13(9-21)20-10(2)14(17(22)24-3)15(16)11-7-5-6-8-12(11)19/h5-10,14-16H,4H2,1-3H3. The zero-order valence-electron chi connectivity index (χ0n) is 14.3. The Morgan fingerprint density at radius 3 is 2.52 bits per heavy atom. The molecule has 4 unspecified atom stereocenters. The number of aldehydes is 1. The fraction of sp³-hybridized carbons (Fsp3) is 0.444. The number of hydrogen-bond acceptors (Lipinski definition) is 6. The first kappa shape index (κ1) is 19.1. The van der Waals surface area contributed by atoms with Gasteiger partial charge in [0.25, 0.3) is 0 Å². The van der Waals surface area contributed by atoms with E-state index in [-0.39, 0.29) is 12.3 Å². The first-order valence-corrected chi connectivity index (χ1v) is 8.35. The van der Waals surface area contributed by atoms with Gasteiger partial charge in [0.1, 0.15) is 5.92 Å². The van der Waals surface area contributed by atoms with Gasteiger partial charge in [0.05, 0.1) is 31.4 Å². The number of ether oxygens (including phenoxy) is 2. The van der Waals surface area contributed by atoms with Crippen LogP contribution in [0, 0.1) is 11.8 Å². The van der Waals surface area contributed by atoms with Crippen LogP contribution >= 0.6 is 11.6 Å². The van der Waals surface area contributed by atoms with Crippen LogP contribution in [-0.4, -0.2) is 43.7 Å². The van der Waals surface area contributed by atoms with E-state index < -0.39 is 35.7 Å². The zero-order valence-corrected chi connectivity index (χ0v) is 15.0. The van der Waals surface area contributed by atoms with E-state index in [0.29, 0.717) is 16.9 Å². The Kier molecular flexibility index (Phi) is 6.31. The van der Waals surface area contributed by atoms with Crippen molar-refractivity contribution in [2.24, 2.45) is 16.8 Å². The average molecular weight is 366 g/mol. The Morgan fingerprint density at radius 2 is 1.96 bits per heavy atom. The van der Waals surface area contributed by atoms with Gasteiger partial charge in [0.2, 0.25) is 0 Å². The number of nitrogens with zero attached hydrogens (tertiary/aromatic N) is 1. The molecule has 0 aromatic heterocycles. The number of carbonyl (C=O) groups excluding carboxylic acids is 3. The normalized spacial score (nSPS) is 25.7. The van der Waals surface area contributed by atoms with Crippen LogP contribution in [-0.2, 0) is 23.9 Å². The molecule has 0 amide bonds. The van der Waals surface area contributed by atoms with Crippen LogP contribution in [0.4, 0.5) is 0 Å². The highest BCUT2D eigenvalue weighted by Crippen LogP contribution is 2.43. The Balaban J connectivity index is 2.67. The summed E-state index contributed by atoms with van der Waals surface area (Å²) in [6.45, 7) is 3.52. The fourth-order valence-electron chi connectivity index (χ4n) is 3.29. The van der Waals surface area contributed by atoms with Gasteiger partial charge in [-0.05, 0) is 25.5 Å².